The van der Waals surface area contributed by atoms with E-state index in [1.807, 2.05) is 24.4 Å². The Morgan fingerprint density at radius 2 is 1.78 bits per heavy atom. The second kappa shape index (κ2) is 14.1. The second-order valence-corrected chi connectivity index (χ2v) is 12.7. The van der Waals surface area contributed by atoms with Crippen LogP contribution in [-0.4, -0.2) is 49.1 Å². The highest BCUT2D eigenvalue weighted by molar-refractivity contribution is 7.13. The van der Waals surface area contributed by atoms with Gasteiger partial charge in [-0.15, -0.1) is 11.3 Å². The molecule has 13 heteroatoms. The number of methoxy groups -OCH3 is 1. The summed E-state index contributed by atoms with van der Waals surface area (Å²) in [6.45, 7) is 5.60. The number of anilines is 2. The van der Waals surface area contributed by atoms with Crippen molar-refractivity contribution in [2.24, 2.45) is 11.8 Å². The first-order valence-electron chi connectivity index (χ1n) is 14.8. The summed E-state index contributed by atoms with van der Waals surface area (Å²) in [6, 6.07) is 2.36. The molecule has 1 fully saturated rings. The normalized spacial score (nSPS) is 16.9. The standard InChI is InChI=1S/C32H38F4N4O4S/c1-18(2)40(29(41)21-10-7-19(3)8-11-21)26-15-25(33)27(14-23(26)30(42)43-6)44-28-24(32(34,35)36)13-20(16-37-28)9-12-22-17-45-31(38-22)39(4)5/h13-19,21H,7-12H2,1-6H3. The van der Waals surface area contributed by atoms with Crippen LogP contribution in [-0.2, 0) is 28.5 Å². The lowest BCUT2D eigenvalue weighted by Crippen LogP contribution is -2.43. The number of carbonyl (C=O) groups excluding carboxylic acids is 2. The summed E-state index contributed by atoms with van der Waals surface area (Å²) in [4.78, 5) is 38.1. The molecular weight excluding hydrogens is 612 g/mol. The van der Waals surface area contributed by atoms with Gasteiger partial charge in [0.1, 0.15) is 5.56 Å². The third-order valence-corrected chi connectivity index (χ3v) is 8.90. The molecule has 1 saturated carbocycles. The lowest BCUT2D eigenvalue weighted by atomic mass is 9.82. The van der Waals surface area contributed by atoms with Gasteiger partial charge >= 0.3 is 12.1 Å². The van der Waals surface area contributed by atoms with E-state index < -0.39 is 41.2 Å². The van der Waals surface area contributed by atoms with Crippen LogP contribution in [0.1, 0.15) is 73.6 Å². The lowest BCUT2D eigenvalue weighted by Gasteiger charge is -2.34. The van der Waals surface area contributed by atoms with Gasteiger partial charge in [0.15, 0.2) is 16.7 Å². The topological polar surface area (TPSA) is 84.9 Å². The first-order chi connectivity index (χ1) is 21.2. The van der Waals surface area contributed by atoms with Crippen LogP contribution in [0.5, 0.6) is 11.6 Å². The minimum absolute atomic E-state index is 0.0378. The number of carbonyl (C=O) groups is 2. The highest BCUT2D eigenvalue weighted by Crippen LogP contribution is 2.40. The van der Waals surface area contributed by atoms with Gasteiger partial charge in [0, 0.05) is 49.8 Å². The van der Waals surface area contributed by atoms with Gasteiger partial charge in [0.2, 0.25) is 11.8 Å². The number of amides is 1. The molecule has 0 spiro atoms. The number of nitrogens with zero attached hydrogens (tertiary/aromatic N) is 4. The molecule has 45 heavy (non-hydrogen) atoms. The molecule has 0 unspecified atom stereocenters. The van der Waals surface area contributed by atoms with E-state index >= 15 is 4.39 Å². The maximum Gasteiger partial charge on any atom is 0.421 e. The number of rotatable bonds is 10. The van der Waals surface area contributed by atoms with E-state index in [0.717, 1.165) is 49.0 Å². The van der Waals surface area contributed by atoms with Gasteiger partial charge < -0.3 is 19.3 Å². The van der Waals surface area contributed by atoms with Crippen LogP contribution in [0, 0.1) is 17.7 Å². The largest absolute Gasteiger partial charge is 0.465 e. The lowest BCUT2D eigenvalue weighted by molar-refractivity contribution is -0.139. The van der Waals surface area contributed by atoms with E-state index in [9.17, 15) is 22.8 Å². The van der Waals surface area contributed by atoms with Gasteiger partial charge in [0.25, 0.3) is 0 Å². The molecule has 0 radical (unpaired) electrons. The molecule has 0 saturated heterocycles. The molecule has 244 valence electrons. The van der Waals surface area contributed by atoms with Gasteiger partial charge in [-0.3, -0.25) is 4.79 Å². The maximum absolute atomic E-state index is 15.6. The zero-order valence-corrected chi connectivity index (χ0v) is 27.0. The predicted octanol–water partition coefficient (Wildman–Crippen LogP) is 7.69. The summed E-state index contributed by atoms with van der Waals surface area (Å²) < 4.78 is 68.4. The average molecular weight is 651 g/mol. The smallest absolute Gasteiger partial charge is 0.421 e. The molecule has 1 aliphatic carbocycles. The summed E-state index contributed by atoms with van der Waals surface area (Å²) in [7, 11) is 4.82. The van der Waals surface area contributed by atoms with Crippen LogP contribution in [0.3, 0.4) is 0 Å². The number of ether oxygens (including phenoxy) is 2. The third-order valence-electron chi connectivity index (χ3n) is 7.85. The fraction of sp³-hybridized carbons (Fsp3) is 0.500. The fourth-order valence-electron chi connectivity index (χ4n) is 5.36. The number of aromatic nitrogens is 2. The summed E-state index contributed by atoms with van der Waals surface area (Å²) >= 11 is 1.43. The van der Waals surface area contributed by atoms with Crippen LogP contribution < -0.4 is 14.5 Å². The molecule has 3 aromatic rings. The van der Waals surface area contributed by atoms with Crippen LogP contribution >= 0.6 is 11.3 Å². The summed E-state index contributed by atoms with van der Waals surface area (Å²) in [5.41, 5.74) is -0.416. The molecule has 1 aromatic carbocycles. The van der Waals surface area contributed by atoms with Crippen molar-refractivity contribution in [2.45, 2.75) is 71.5 Å². The third kappa shape index (κ3) is 8.11. The molecule has 0 N–H and O–H groups in total. The Labute approximate surface area is 264 Å². The monoisotopic (exact) mass is 650 g/mol. The molecule has 4 rings (SSSR count). The Morgan fingerprint density at radius 3 is 2.36 bits per heavy atom. The molecule has 1 aliphatic rings. The van der Waals surface area contributed by atoms with Crippen LogP contribution in [0.25, 0.3) is 0 Å². The second-order valence-electron chi connectivity index (χ2n) is 11.9. The molecule has 0 aliphatic heterocycles. The number of hydrogen-bond donors (Lipinski definition) is 0. The Balaban J connectivity index is 1.66. The molecule has 8 nitrogen and oxygen atoms in total. The number of halogens is 4. The Bertz CT molecular complexity index is 1520. The Hall–Kier alpha value is -3.74. The van der Waals surface area contributed by atoms with E-state index in [1.54, 1.807) is 13.8 Å². The summed E-state index contributed by atoms with van der Waals surface area (Å²) in [5.74, 6) is -3.54. The first-order valence-corrected chi connectivity index (χ1v) is 15.7. The first kappa shape index (κ1) is 34.1. The minimum Gasteiger partial charge on any atom is -0.465 e. The van der Waals surface area contributed by atoms with Crippen molar-refractivity contribution in [3.05, 3.63) is 58.0 Å². The number of esters is 1. The number of aryl methyl sites for hydroxylation is 2. The molecule has 2 heterocycles. The predicted molar refractivity (Wildman–Crippen MR) is 165 cm³/mol. The van der Waals surface area contributed by atoms with E-state index in [1.165, 1.54) is 22.4 Å². The van der Waals surface area contributed by atoms with Crippen molar-refractivity contribution < 1.29 is 36.6 Å². The fourth-order valence-corrected chi connectivity index (χ4v) is 6.15. The van der Waals surface area contributed by atoms with Crippen molar-refractivity contribution in [2.75, 3.05) is 31.0 Å². The van der Waals surface area contributed by atoms with Gasteiger partial charge in [-0.05, 0) is 69.9 Å². The van der Waals surface area contributed by atoms with Crippen molar-refractivity contribution in [1.82, 2.24) is 9.97 Å². The van der Waals surface area contributed by atoms with E-state index in [-0.39, 0.29) is 29.5 Å². The molecule has 0 atom stereocenters. The van der Waals surface area contributed by atoms with Crippen molar-refractivity contribution in [3.63, 3.8) is 0 Å². The van der Waals surface area contributed by atoms with E-state index in [2.05, 4.69) is 16.9 Å². The number of thiazole rings is 1. The van der Waals surface area contributed by atoms with Crippen molar-refractivity contribution in [1.29, 1.82) is 0 Å². The maximum atomic E-state index is 15.6. The van der Waals surface area contributed by atoms with Crippen molar-refractivity contribution >= 4 is 34.0 Å². The zero-order chi connectivity index (χ0) is 33.1. The van der Waals surface area contributed by atoms with Crippen LogP contribution in [0.4, 0.5) is 28.4 Å². The van der Waals surface area contributed by atoms with Gasteiger partial charge in [-0.2, -0.15) is 13.2 Å². The van der Waals surface area contributed by atoms with Gasteiger partial charge in [-0.1, -0.05) is 6.92 Å². The molecular formula is C32H38F4N4O4S. The van der Waals surface area contributed by atoms with Crippen LogP contribution in [0.15, 0.2) is 29.8 Å². The quantitative estimate of drug-likeness (QED) is 0.164. The van der Waals surface area contributed by atoms with E-state index in [4.69, 9.17) is 9.47 Å². The minimum atomic E-state index is -4.86. The number of pyridine rings is 1. The highest BCUT2D eigenvalue weighted by atomic mass is 32.1. The van der Waals surface area contributed by atoms with Crippen LogP contribution in [0.2, 0.25) is 0 Å². The van der Waals surface area contributed by atoms with E-state index in [0.29, 0.717) is 30.7 Å². The summed E-state index contributed by atoms with van der Waals surface area (Å²) in [6.07, 6.45) is 0.103. The Morgan fingerprint density at radius 1 is 1.09 bits per heavy atom. The average Bonchev–Trinajstić information content (AvgIpc) is 3.47. The molecule has 1 amide bonds. The SMILES string of the molecule is COC(=O)c1cc(Oc2ncc(CCc3csc(N(C)C)n3)cc2C(F)(F)F)c(F)cc1N(C(=O)C1CCC(C)CC1)C(C)C. The zero-order valence-electron chi connectivity index (χ0n) is 26.2. The van der Waals surface area contributed by atoms with Crippen molar-refractivity contribution in [3.8, 4) is 11.6 Å². The van der Waals surface area contributed by atoms with Gasteiger partial charge in [-0.25, -0.2) is 19.2 Å². The Kier molecular flexibility index (Phi) is 10.7. The summed E-state index contributed by atoms with van der Waals surface area (Å²) in [5, 5.41) is 2.63. The number of alkyl halides is 3. The molecule has 2 aromatic heterocycles. The number of benzene rings is 1. The molecule has 0 bridgehead atoms. The van der Waals surface area contributed by atoms with Gasteiger partial charge in [0.05, 0.1) is 24.1 Å². The number of hydrogen-bond acceptors (Lipinski definition) is 8. The highest BCUT2D eigenvalue weighted by Gasteiger charge is 2.37.